The van der Waals surface area contributed by atoms with Gasteiger partial charge in [0.05, 0.1) is 5.69 Å². The lowest BCUT2D eigenvalue weighted by atomic mass is 9.99. The van der Waals surface area contributed by atoms with Gasteiger partial charge in [0.2, 0.25) is 0 Å². The molecule has 0 spiro atoms. The molecular weight excluding hydrogens is 363 g/mol. The van der Waals surface area contributed by atoms with Crippen LogP contribution in [-0.4, -0.2) is 23.6 Å². The van der Waals surface area contributed by atoms with Crippen LogP contribution in [-0.2, 0) is 30.5 Å². The van der Waals surface area contributed by atoms with Gasteiger partial charge in [0.1, 0.15) is 11.6 Å². The number of benzene rings is 1. The molecule has 0 fully saturated rings. The molecule has 1 aliphatic rings. The molecule has 3 rings (SSSR count). The van der Waals surface area contributed by atoms with Gasteiger partial charge in [0.25, 0.3) is 15.6 Å². The first-order valence-corrected chi connectivity index (χ1v) is 9.39. The van der Waals surface area contributed by atoms with Crippen molar-refractivity contribution in [2.24, 2.45) is 14.1 Å². The van der Waals surface area contributed by atoms with Crippen molar-refractivity contribution in [2.45, 2.75) is 30.7 Å². The Hall–Kier alpha value is -2.62. The van der Waals surface area contributed by atoms with Crippen LogP contribution in [0, 0.1) is 5.82 Å². The highest BCUT2D eigenvalue weighted by Crippen LogP contribution is 2.35. The molecule has 0 aliphatic carbocycles. The van der Waals surface area contributed by atoms with E-state index in [2.05, 4.69) is 0 Å². The second-order valence-corrected chi connectivity index (χ2v) is 8.13. The fraction of sp³-hybridized carbons (Fsp3) is 0.375. The molecule has 10 heteroatoms. The highest BCUT2D eigenvalue weighted by molar-refractivity contribution is 7.93. The number of fused-ring (bicyclic) bond motifs is 1. The molecule has 0 saturated carbocycles. The molecule has 1 aliphatic heterocycles. The fourth-order valence-corrected chi connectivity index (χ4v) is 5.20. The normalized spacial score (nSPS) is 17.2. The van der Waals surface area contributed by atoms with Crippen LogP contribution < -0.4 is 21.3 Å². The molecule has 0 radical (unpaired) electrons. The molecule has 26 heavy (non-hydrogen) atoms. The highest BCUT2D eigenvalue weighted by Gasteiger charge is 2.38. The molecule has 1 aromatic heterocycles. The second-order valence-electron chi connectivity index (χ2n) is 6.38. The lowest BCUT2D eigenvalue weighted by Gasteiger charge is -2.36. The third-order valence-electron chi connectivity index (χ3n) is 4.69. The lowest BCUT2D eigenvalue weighted by molar-refractivity contribution is 0.554. The van der Waals surface area contributed by atoms with Crippen molar-refractivity contribution in [3.63, 3.8) is 0 Å². The van der Waals surface area contributed by atoms with Crippen LogP contribution in [0.5, 0.6) is 0 Å². The number of sulfonamides is 1. The summed E-state index contributed by atoms with van der Waals surface area (Å²) in [6.07, 6.45) is 0.975. The van der Waals surface area contributed by atoms with Gasteiger partial charge in [0, 0.05) is 20.1 Å². The van der Waals surface area contributed by atoms with Crippen molar-refractivity contribution in [1.29, 1.82) is 0 Å². The van der Waals surface area contributed by atoms with Crippen LogP contribution in [0.1, 0.15) is 18.9 Å². The molecule has 1 aromatic carbocycles. The van der Waals surface area contributed by atoms with Crippen LogP contribution in [0.4, 0.5) is 15.9 Å². The van der Waals surface area contributed by atoms with Gasteiger partial charge in [-0.1, -0.05) is 0 Å². The summed E-state index contributed by atoms with van der Waals surface area (Å²) in [4.78, 5) is 23.8. The van der Waals surface area contributed by atoms with Crippen molar-refractivity contribution in [3.8, 4) is 0 Å². The minimum Gasteiger partial charge on any atom is -0.384 e. The van der Waals surface area contributed by atoms with Crippen LogP contribution in [0.2, 0.25) is 0 Å². The number of halogens is 1. The molecule has 0 amide bonds. The standard InChI is InChI=1S/C16H19FN4O4S/c1-9-4-5-10-8-11(17)6-7-12(10)21(9)26(24,25)13-14(18)19(2)16(23)20(3)15(13)22/h6-9H,4-5,18H2,1-3H3. The number of rotatable bonds is 2. The first-order chi connectivity index (χ1) is 12.1. The highest BCUT2D eigenvalue weighted by atomic mass is 32.2. The Balaban J connectivity index is 2.32. The van der Waals surface area contributed by atoms with Gasteiger partial charge in [-0.25, -0.2) is 17.6 Å². The smallest absolute Gasteiger partial charge is 0.332 e. The Bertz CT molecular complexity index is 1120. The summed E-state index contributed by atoms with van der Waals surface area (Å²) < 4.78 is 42.9. The molecule has 0 bridgehead atoms. The zero-order chi connectivity index (χ0) is 19.4. The van der Waals surface area contributed by atoms with Crippen molar-refractivity contribution in [2.75, 3.05) is 10.0 Å². The zero-order valence-corrected chi connectivity index (χ0v) is 15.4. The van der Waals surface area contributed by atoms with E-state index in [9.17, 15) is 22.4 Å². The van der Waals surface area contributed by atoms with Crippen LogP contribution in [0.3, 0.4) is 0 Å². The minimum absolute atomic E-state index is 0.306. The predicted molar refractivity (Wildman–Crippen MR) is 95.2 cm³/mol. The number of aromatic nitrogens is 2. The van der Waals surface area contributed by atoms with Gasteiger partial charge in [-0.15, -0.1) is 0 Å². The van der Waals surface area contributed by atoms with Gasteiger partial charge in [-0.05, 0) is 43.5 Å². The first-order valence-electron chi connectivity index (χ1n) is 7.95. The first kappa shape index (κ1) is 18.2. The molecule has 8 nitrogen and oxygen atoms in total. The van der Waals surface area contributed by atoms with Gasteiger partial charge >= 0.3 is 5.69 Å². The van der Waals surface area contributed by atoms with Crippen molar-refractivity contribution in [3.05, 3.63) is 50.4 Å². The number of nitrogen functional groups attached to an aromatic ring is 1. The molecule has 140 valence electrons. The van der Waals surface area contributed by atoms with Gasteiger partial charge < -0.3 is 5.73 Å². The molecule has 0 saturated heterocycles. The van der Waals surface area contributed by atoms with E-state index in [4.69, 9.17) is 5.73 Å². The van der Waals surface area contributed by atoms with Crippen molar-refractivity contribution >= 4 is 21.5 Å². The summed E-state index contributed by atoms with van der Waals surface area (Å²) in [6, 6.07) is 3.37. The van der Waals surface area contributed by atoms with Gasteiger partial charge in [0.15, 0.2) is 4.90 Å². The van der Waals surface area contributed by atoms with Crippen molar-refractivity contribution < 1.29 is 12.8 Å². The maximum absolute atomic E-state index is 13.5. The molecule has 1 unspecified atom stereocenters. The monoisotopic (exact) mass is 382 g/mol. The number of aryl methyl sites for hydroxylation is 1. The number of nitrogens with zero attached hydrogens (tertiary/aromatic N) is 3. The summed E-state index contributed by atoms with van der Waals surface area (Å²) >= 11 is 0. The predicted octanol–water partition coefficient (Wildman–Crippen LogP) is 0.335. The molecular formula is C16H19FN4O4S. The topological polar surface area (TPSA) is 107 Å². The van der Waals surface area contributed by atoms with E-state index in [0.717, 1.165) is 8.87 Å². The maximum Gasteiger partial charge on any atom is 0.332 e. The van der Waals surface area contributed by atoms with E-state index in [1.54, 1.807) is 6.92 Å². The van der Waals surface area contributed by atoms with Crippen LogP contribution in [0.15, 0.2) is 32.7 Å². The Morgan fingerprint density at radius 3 is 2.50 bits per heavy atom. The SMILES string of the molecule is CC1CCc2cc(F)ccc2N1S(=O)(=O)c1c(N)n(C)c(=O)n(C)c1=O. The van der Waals surface area contributed by atoms with Gasteiger partial charge in [-0.3, -0.25) is 18.2 Å². The van der Waals surface area contributed by atoms with Crippen molar-refractivity contribution in [1.82, 2.24) is 9.13 Å². The van der Waals surface area contributed by atoms with E-state index in [-0.39, 0.29) is 0 Å². The number of anilines is 2. The third-order valence-corrected chi connectivity index (χ3v) is 6.67. The number of nitrogens with two attached hydrogens (primary N) is 1. The lowest BCUT2D eigenvalue weighted by Crippen LogP contribution is -2.47. The minimum atomic E-state index is -4.37. The van der Waals surface area contributed by atoms with E-state index < -0.39 is 43.8 Å². The van der Waals surface area contributed by atoms with Crippen LogP contribution >= 0.6 is 0 Å². The van der Waals surface area contributed by atoms with Crippen LogP contribution in [0.25, 0.3) is 0 Å². The van der Waals surface area contributed by atoms with Gasteiger partial charge in [-0.2, -0.15) is 0 Å². The van der Waals surface area contributed by atoms with E-state index in [1.807, 2.05) is 0 Å². The summed E-state index contributed by atoms with van der Waals surface area (Å²) in [5, 5.41) is 0. The van der Waals surface area contributed by atoms with E-state index in [0.29, 0.717) is 28.7 Å². The Kier molecular flexibility index (Phi) is 4.18. The Morgan fingerprint density at radius 1 is 1.19 bits per heavy atom. The zero-order valence-electron chi connectivity index (χ0n) is 14.6. The quantitative estimate of drug-likeness (QED) is 0.806. The number of hydrogen-bond donors (Lipinski definition) is 1. The number of hydrogen-bond acceptors (Lipinski definition) is 5. The summed E-state index contributed by atoms with van der Waals surface area (Å²) in [5.41, 5.74) is 4.94. The Morgan fingerprint density at radius 2 is 1.85 bits per heavy atom. The largest absolute Gasteiger partial charge is 0.384 e. The second kappa shape index (κ2) is 5.97. The molecule has 2 N–H and O–H groups in total. The molecule has 2 aromatic rings. The summed E-state index contributed by atoms with van der Waals surface area (Å²) in [7, 11) is -1.89. The van der Waals surface area contributed by atoms with E-state index >= 15 is 0 Å². The average molecular weight is 382 g/mol. The fourth-order valence-electron chi connectivity index (χ4n) is 3.22. The Labute approximate surface area is 149 Å². The average Bonchev–Trinajstić information content (AvgIpc) is 2.58. The maximum atomic E-state index is 13.5. The summed E-state index contributed by atoms with van der Waals surface area (Å²) in [6.45, 7) is 1.70. The third kappa shape index (κ3) is 2.52. The summed E-state index contributed by atoms with van der Waals surface area (Å²) in [5.74, 6) is -0.896. The van der Waals surface area contributed by atoms with E-state index in [1.165, 1.54) is 32.3 Å². The molecule has 2 heterocycles. The molecule has 1 atom stereocenters.